The molecule has 0 aliphatic rings. The molecular weight excluding hydrogens is 242 g/mol. The highest BCUT2D eigenvalue weighted by atomic mass is 16.6. The van der Waals surface area contributed by atoms with Crippen LogP contribution >= 0.6 is 0 Å². The average Bonchev–Trinajstić information content (AvgIpc) is 2.22. The second-order valence-electron chi connectivity index (χ2n) is 4.58. The lowest BCUT2D eigenvalue weighted by Gasteiger charge is -2.21. The van der Waals surface area contributed by atoms with Crippen molar-refractivity contribution in [1.29, 1.82) is 0 Å². The van der Waals surface area contributed by atoms with Gasteiger partial charge in [-0.1, -0.05) is 0 Å². The van der Waals surface area contributed by atoms with E-state index in [9.17, 15) is 14.4 Å². The summed E-state index contributed by atoms with van der Waals surface area (Å²) >= 11 is 0. The van der Waals surface area contributed by atoms with Gasteiger partial charge in [-0.05, 0) is 20.8 Å². The smallest absolute Gasteiger partial charge is 0.407 e. The number of aliphatic hydroxyl groups is 1. The van der Waals surface area contributed by atoms with Crippen molar-refractivity contribution >= 4 is 18.3 Å². The molecule has 104 valence electrons. The molecule has 1 amide bonds. The quantitative estimate of drug-likeness (QED) is 0.515. The first kappa shape index (κ1) is 16.4. The standard InChI is InChI=1S/C11H19NO6/c1-11(2,3)18-9(15)6-8(7-14)12-10(16)17-5-4-13/h4,8,14H,5-7H2,1-3H3,(H,12,16)/t8-/m0/s1. The van der Waals surface area contributed by atoms with Crippen molar-refractivity contribution in [2.45, 2.75) is 38.8 Å². The van der Waals surface area contributed by atoms with Crippen molar-refractivity contribution in [3.63, 3.8) is 0 Å². The number of rotatable bonds is 6. The van der Waals surface area contributed by atoms with Crippen LogP contribution in [0.15, 0.2) is 0 Å². The third-order valence-electron chi connectivity index (χ3n) is 1.66. The maximum Gasteiger partial charge on any atom is 0.407 e. The minimum absolute atomic E-state index is 0.177. The zero-order chi connectivity index (χ0) is 14.2. The summed E-state index contributed by atoms with van der Waals surface area (Å²) in [6.45, 7) is 4.33. The van der Waals surface area contributed by atoms with E-state index in [0.29, 0.717) is 6.29 Å². The van der Waals surface area contributed by atoms with Gasteiger partial charge in [0.1, 0.15) is 12.2 Å². The summed E-state index contributed by atoms with van der Waals surface area (Å²) < 4.78 is 9.46. The van der Waals surface area contributed by atoms with E-state index in [1.165, 1.54) is 0 Å². The van der Waals surface area contributed by atoms with Gasteiger partial charge in [-0.25, -0.2) is 4.79 Å². The predicted octanol–water partition coefficient (Wildman–Crippen LogP) is 0.00420. The number of carbonyl (C=O) groups is 3. The summed E-state index contributed by atoms with van der Waals surface area (Å²) in [5.74, 6) is -0.544. The molecule has 0 spiro atoms. The van der Waals surface area contributed by atoms with E-state index >= 15 is 0 Å². The van der Waals surface area contributed by atoms with Gasteiger partial charge in [-0.15, -0.1) is 0 Å². The maximum atomic E-state index is 11.4. The van der Waals surface area contributed by atoms with Gasteiger partial charge in [0.15, 0.2) is 6.29 Å². The zero-order valence-corrected chi connectivity index (χ0v) is 10.8. The zero-order valence-electron chi connectivity index (χ0n) is 10.8. The van der Waals surface area contributed by atoms with E-state index in [1.54, 1.807) is 20.8 Å². The van der Waals surface area contributed by atoms with E-state index in [4.69, 9.17) is 9.84 Å². The minimum Gasteiger partial charge on any atom is -0.460 e. The Bertz CT molecular complexity index is 296. The molecule has 7 nitrogen and oxygen atoms in total. The number of hydrogen-bond acceptors (Lipinski definition) is 6. The molecule has 0 saturated carbocycles. The van der Waals surface area contributed by atoms with Crippen molar-refractivity contribution < 1.29 is 29.0 Å². The first-order chi connectivity index (χ1) is 8.28. The number of aliphatic hydroxyl groups excluding tert-OH is 1. The summed E-state index contributed by atoms with van der Waals surface area (Å²) in [4.78, 5) is 32.5. The fourth-order valence-electron chi connectivity index (χ4n) is 1.06. The second kappa shape index (κ2) is 7.65. The Morgan fingerprint density at radius 3 is 2.44 bits per heavy atom. The molecule has 2 N–H and O–H groups in total. The summed E-state index contributed by atoms with van der Waals surface area (Å²) in [5, 5.41) is 11.2. The fraction of sp³-hybridized carbons (Fsp3) is 0.727. The molecule has 0 bridgehead atoms. The predicted molar refractivity (Wildman–Crippen MR) is 61.9 cm³/mol. The molecule has 0 rings (SSSR count). The largest absolute Gasteiger partial charge is 0.460 e. The molecule has 0 aromatic carbocycles. The van der Waals surface area contributed by atoms with Crippen LogP contribution in [0.5, 0.6) is 0 Å². The number of hydrogen-bond donors (Lipinski definition) is 2. The molecule has 0 aromatic heterocycles. The van der Waals surface area contributed by atoms with Gasteiger partial charge < -0.3 is 19.9 Å². The number of ether oxygens (including phenoxy) is 2. The van der Waals surface area contributed by atoms with Crippen LogP contribution < -0.4 is 5.32 Å². The molecule has 0 unspecified atom stereocenters. The van der Waals surface area contributed by atoms with Crippen LogP contribution in [0, 0.1) is 0 Å². The average molecular weight is 261 g/mol. The molecular formula is C11H19NO6. The number of esters is 1. The van der Waals surface area contributed by atoms with Crippen LogP contribution in [0.3, 0.4) is 0 Å². The molecule has 0 aromatic rings. The van der Waals surface area contributed by atoms with Crippen molar-refractivity contribution in [2.24, 2.45) is 0 Å². The fourth-order valence-corrected chi connectivity index (χ4v) is 1.06. The molecule has 0 heterocycles. The van der Waals surface area contributed by atoms with E-state index < -0.39 is 30.3 Å². The lowest BCUT2D eigenvalue weighted by molar-refractivity contribution is -0.155. The Hall–Kier alpha value is -1.63. The lowest BCUT2D eigenvalue weighted by atomic mass is 10.2. The molecule has 0 saturated heterocycles. The Morgan fingerprint density at radius 1 is 1.39 bits per heavy atom. The first-order valence-electron chi connectivity index (χ1n) is 5.48. The molecule has 1 atom stereocenters. The Kier molecular flexibility index (Phi) is 6.96. The van der Waals surface area contributed by atoms with Crippen LogP contribution in [0.1, 0.15) is 27.2 Å². The molecule has 0 aliphatic carbocycles. The van der Waals surface area contributed by atoms with Crippen molar-refractivity contribution in [2.75, 3.05) is 13.2 Å². The van der Waals surface area contributed by atoms with Gasteiger partial charge in [0.2, 0.25) is 0 Å². The summed E-state index contributed by atoms with van der Waals surface area (Å²) in [5.41, 5.74) is -0.630. The Morgan fingerprint density at radius 2 is 2.00 bits per heavy atom. The van der Waals surface area contributed by atoms with Gasteiger partial charge in [-0.3, -0.25) is 9.59 Å². The van der Waals surface area contributed by atoms with Gasteiger partial charge >= 0.3 is 12.1 Å². The summed E-state index contributed by atoms with van der Waals surface area (Å²) in [6, 6.07) is -0.806. The van der Waals surface area contributed by atoms with Crippen molar-refractivity contribution in [1.82, 2.24) is 5.32 Å². The number of alkyl carbamates (subject to hydrolysis) is 1. The highest BCUT2D eigenvalue weighted by Crippen LogP contribution is 2.09. The van der Waals surface area contributed by atoms with E-state index in [2.05, 4.69) is 10.1 Å². The number of nitrogens with one attached hydrogen (secondary N) is 1. The van der Waals surface area contributed by atoms with Gasteiger partial charge in [0.25, 0.3) is 0 Å². The third kappa shape index (κ3) is 8.51. The minimum atomic E-state index is -0.871. The highest BCUT2D eigenvalue weighted by molar-refractivity contribution is 5.73. The van der Waals surface area contributed by atoms with E-state index in [1.807, 2.05) is 0 Å². The van der Waals surface area contributed by atoms with Crippen LogP contribution in [-0.4, -0.2) is 48.3 Å². The summed E-state index contributed by atoms with van der Waals surface area (Å²) in [6.07, 6.45) is -0.629. The van der Waals surface area contributed by atoms with Gasteiger partial charge in [0, 0.05) is 0 Å². The molecule has 0 fully saturated rings. The number of carbonyl (C=O) groups excluding carboxylic acids is 3. The van der Waals surface area contributed by atoms with Crippen LogP contribution in [-0.2, 0) is 19.1 Å². The van der Waals surface area contributed by atoms with E-state index in [0.717, 1.165) is 0 Å². The lowest BCUT2D eigenvalue weighted by Crippen LogP contribution is -2.40. The van der Waals surface area contributed by atoms with Crippen LogP contribution in [0.2, 0.25) is 0 Å². The number of amides is 1. The Balaban J connectivity index is 4.14. The monoisotopic (exact) mass is 261 g/mol. The second-order valence-corrected chi connectivity index (χ2v) is 4.58. The van der Waals surface area contributed by atoms with Crippen LogP contribution in [0.25, 0.3) is 0 Å². The SMILES string of the molecule is CC(C)(C)OC(=O)C[C@@H](CO)NC(=O)OCC=O. The number of aldehydes is 1. The van der Waals surface area contributed by atoms with Gasteiger partial charge in [-0.2, -0.15) is 0 Å². The molecule has 18 heavy (non-hydrogen) atoms. The van der Waals surface area contributed by atoms with E-state index in [-0.39, 0.29) is 13.0 Å². The molecule has 7 heteroatoms. The van der Waals surface area contributed by atoms with Crippen molar-refractivity contribution in [3.8, 4) is 0 Å². The molecule has 0 aliphatic heterocycles. The van der Waals surface area contributed by atoms with Gasteiger partial charge in [0.05, 0.1) is 19.1 Å². The normalized spacial score (nSPS) is 12.4. The topological polar surface area (TPSA) is 102 Å². The molecule has 0 radical (unpaired) electrons. The summed E-state index contributed by atoms with van der Waals surface area (Å²) in [7, 11) is 0. The third-order valence-corrected chi connectivity index (χ3v) is 1.66. The first-order valence-corrected chi connectivity index (χ1v) is 5.48. The Labute approximate surface area is 105 Å². The van der Waals surface area contributed by atoms with Crippen LogP contribution in [0.4, 0.5) is 4.79 Å². The van der Waals surface area contributed by atoms with Crippen molar-refractivity contribution in [3.05, 3.63) is 0 Å². The maximum absolute atomic E-state index is 11.4. The highest BCUT2D eigenvalue weighted by Gasteiger charge is 2.21.